The number of rotatable bonds is 2. The van der Waals surface area contributed by atoms with E-state index in [0.29, 0.717) is 18.0 Å². The minimum absolute atomic E-state index is 0.381. The predicted octanol–water partition coefficient (Wildman–Crippen LogP) is 1.31. The number of nitrogens with zero attached hydrogens (tertiary/aromatic N) is 1. The van der Waals surface area contributed by atoms with E-state index in [4.69, 9.17) is 0 Å². The molecule has 0 saturated carbocycles. The molecule has 17 heavy (non-hydrogen) atoms. The summed E-state index contributed by atoms with van der Waals surface area (Å²) in [5, 5.41) is 3.13. The largest absolute Gasteiger partial charge is 0.314 e. The molecule has 0 bridgehead atoms. The van der Waals surface area contributed by atoms with Gasteiger partial charge >= 0.3 is 0 Å². The highest BCUT2D eigenvalue weighted by atomic mass is 32.2. The molecule has 0 unspecified atom stereocenters. The summed E-state index contributed by atoms with van der Waals surface area (Å²) in [6, 6.07) is 8.58. The lowest BCUT2D eigenvalue weighted by Crippen LogP contribution is -2.46. The minimum atomic E-state index is -3.27. The summed E-state index contributed by atoms with van der Waals surface area (Å²) in [6.07, 6.45) is 0. The van der Waals surface area contributed by atoms with Crippen LogP contribution in [0.4, 0.5) is 0 Å². The summed E-state index contributed by atoms with van der Waals surface area (Å²) in [4.78, 5) is 0.381. The van der Waals surface area contributed by atoms with Crippen molar-refractivity contribution in [1.29, 1.82) is 0 Å². The topological polar surface area (TPSA) is 49.4 Å². The van der Waals surface area contributed by atoms with E-state index in [1.165, 1.54) is 4.31 Å². The van der Waals surface area contributed by atoms with Gasteiger partial charge in [-0.05, 0) is 12.1 Å². The first-order chi connectivity index (χ1) is 8.21. The van der Waals surface area contributed by atoms with Crippen molar-refractivity contribution in [3.63, 3.8) is 0 Å². The first-order valence-corrected chi connectivity index (χ1v) is 7.41. The van der Waals surface area contributed by atoms with Crippen LogP contribution in [-0.4, -0.2) is 38.9 Å². The standard InChI is InChI=1S/C10H14N2O2S.C2H6/c13-15(14,10-4-2-1-3-5-10)12-8-6-11-7-9-12;1-2/h1-5,11H,6-9H2;1-2H3. The molecular weight excluding hydrogens is 236 g/mol. The van der Waals surface area contributed by atoms with Crippen LogP contribution in [0.3, 0.4) is 0 Å². The lowest BCUT2D eigenvalue weighted by atomic mass is 10.4. The maximum atomic E-state index is 12.1. The zero-order chi connectivity index (χ0) is 12.7. The Bertz CT molecular complexity index is 411. The summed E-state index contributed by atoms with van der Waals surface area (Å²) in [6.45, 7) is 6.56. The highest BCUT2D eigenvalue weighted by Gasteiger charge is 2.25. The van der Waals surface area contributed by atoms with Crippen molar-refractivity contribution >= 4 is 10.0 Å². The number of hydrogen-bond donors (Lipinski definition) is 1. The van der Waals surface area contributed by atoms with Crippen molar-refractivity contribution in [3.8, 4) is 0 Å². The van der Waals surface area contributed by atoms with Crippen molar-refractivity contribution in [2.24, 2.45) is 0 Å². The molecule has 96 valence electrons. The van der Waals surface area contributed by atoms with Gasteiger partial charge in [0, 0.05) is 26.2 Å². The monoisotopic (exact) mass is 256 g/mol. The molecule has 1 fully saturated rings. The van der Waals surface area contributed by atoms with Crippen LogP contribution in [0.2, 0.25) is 0 Å². The summed E-state index contributed by atoms with van der Waals surface area (Å²) < 4.78 is 25.7. The van der Waals surface area contributed by atoms with Gasteiger partial charge in [0.25, 0.3) is 0 Å². The molecule has 5 heteroatoms. The second-order valence-corrected chi connectivity index (χ2v) is 5.41. The molecule has 0 radical (unpaired) electrons. The van der Waals surface area contributed by atoms with Crippen LogP contribution < -0.4 is 5.32 Å². The van der Waals surface area contributed by atoms with E-state index in [1.54, 1.807) is 24.3 Å². The Labute approximate surface area is 104 Å². The van der Waals surface area contributed by atoms with E-state index < -0.39 is 10.0 Å². The molecule has 0 spiro atoms. The third-order valence-corrected chi connectivity index (χ3v) is 4.37. The Kier molecular flexibility index (Phi) is 5.61. The second-order valence-electron chi connectivity index (χ2n) is 3.47. The van der Waals surface area contributed by atoms with Gasteiger partial charge in [0.05, 0.1) is 4.90 Å². The molecule has 0 aromatic heterocycles. The molecular formula is C12H20N2O2S. The number of nitrogens with one attached hydrogen (secondary N) is 1. The molecule has 2 rings (SSSR count). The molecule has 4 nitrogen and oxygen atoms in total. The van der Waals surface area contributed by atoms with Crippen LogP contribution in [0.15, 0.2) is 35.2 Å². The van der Waals surface area contributed by atoms with E-state index in [-0.39, 0.29) is 0 Å². The Morgan fingerprint density at radius 3 is 2.12 bits per heavy atom. The predicted molar refractivity (Wildman–Crippen MR) is 69.4 cm³/mol. The average Bonchev–Trinajstić information content (AvgIpc) is 2.43. The van der Waals surface area contributed by atoms with Gasteiger partial charge in [-0.25, -0.2) is 8.42 Å². The SMILES string of the molecule is CC.O=S(=O)(c1ccccc1)N1CCNCC1. The van der Waals surface area contributed by atoms with Crippen molar-refractivity contribution < 1.29 is 8.42 Å². The van der Waals surface area contributed by atoms with Gasteiger partial charge in [-0.15, -0.1) is 0 Å². The zero-order valence-corrected chi connectivity index (χ0v) is 11.2. The fourth-order valence-electron chi connectivity index (χ4n) is 1.63. The Hall–Kier alpha value is -0.910. The summed E-state index contributed by atoms with van der Waals surface area (Å²) in [7, 11) is -3.27. The second kappa shape index (κ2) is 6.74. The lowest BCUT2D eigenvalue weighted by Gasteiger charge is -2.26. The van der Waals surface area contributed by atoms with E-state index in [9.17, 15) is 8.42 Å². The van der Waals surface area contributed by atoms with Gasteiger partial charge in [-0.3, -0.25) is 0 Å². The molecule has 1 heterocycles. The van der Waals surface area contributed by atoms with Crippen LogP contribution in [-0.2, 0) is 10.0 Å². The number of benzene rings is 1. The molecule has 1 aliphatic rings. The van der Waals surface area contributed by atoms with Gasteiger partial charge in [-0.2, -0.15) is 4.31 Å². The van der Waals surface area contributed by atoms with E-state index in [2.05, 4.69) is 5.32 Å². The normalized spacial score (nSPS) is 17.1. The van der Waals surface area contributed by atoms with Crippen molar-refractivity contribution in [2.75, 3.05) is 26.2 Å². The maximum Gasteiger partial charge on any atom is 0.243 e. The van der Waals surface area contributed by atoms with Crippen molar-refractivity contribution in [3.05, 3.63) is 30.3 Å². The third kappa shape index (κ3) is 3.52. The van der Waals surface area contributed by atoms with Crippen LogP contribution in [0.5, 0.6) is 0 Å². The molecule has 0 aliphatic carbocycles. The molecule has 0 amide bonds. The van der Waals surface area contributed by atoms with Gasteiger partial charge < -0.3 is 5.32 Å². The lowest BCUT2D eigenvalue weighted by molar-refractivity contribution is 0.360. The fourth-order valence-corrected chi connectivity index (χ4v) is 3.09. The van der Waals surface area contributed by atoms with Gasteiger partial charge in [0.2, 0.25) is 10.0 Å². The Balaban J connectivity index is 0.000000686. The Morgan fingerprint density at radius 1 is 1.06 bits per heavy atom. The summed E-state index contributed by atoms with van der Waals surface area (Å²) in [5.74, 6) is 0. The molecule has 1 aromatic carbocycles. The Morgan fingerprint density at radius 2 is 1.59 bits per heavy atom. The van der Waals surface area contributed by atoms with E-state index in [0.717, 1.165) is 13.1 Å². The van der Waals surface area contributed by atoms with Crippen LogP contribution in [0, 0.1) is 0 Å². The van der Waals surface area contributed by atoms with E-state index in [1.807, 2.05) is 19.9 Å². The molecule has 0 atom stereocenters. The summed E-state index contributed by atoms with van der Waals surface area (Å²) >= 11 is 0. The van der Waals surface area contributed by atoms with Crippen LogP contribution in [0.1, 0.15) is 13.8 Å². The first kappa shape index (κ1) is 14.2. The third-order valence-electron chi connectivity index (χ3n) is 2.46. The average molecular weight is 256 g/mol. The van der Waals surface area contributed by atoms with Crippen molar-refractivity contribution in [2.45, 2.75) is 18.7 Å². The maximum absolute atomic E-state index is 12.1. The molecule has 1 aromatic rings. The molecule has 1 saturated heterocycles. The zero-order valence-electron chi connectivity index (χ0n) is 10.4. The molecule has 1 N–H and O–H groups in total. The quantitative estimate of drug-likeness (QED) is 0.868. The minimum Gasteiger partial charge on any atom is -0.314 e. The number of sulfonamides is 1. The van der Waals surface area contributed by atoms with Gasteiger partial charge in [-0.1, -0.05) is 32.0 Å². The first-order valence-electron chi connectivity index (χ1n) is 5.97. The number of hydrogen-bond acceptors (Lipinski definition) is 3. The van der Waals surface area contributed by atoms with Crippen LogP contribution >= 0.6 is 0 Å². The highest BCUT2D eigenvalue weighted by molar-refractivity contribution is 7.89. The van der Waals surface area contributed by atoms with Crippen LogP contribution in [0.25, 0.3) is 0 Å². The molecule has 1 aliphatic heterocycles. The number of piperazine rings is 1. The smallest absolute Gasteiger partial charge is 0.243 e. The highest BCUT2D eigenvalue weighted by Crippen LogP contribution is 2.14. The fraction of sp³-hybridized carbons (Fsp3) is 0.500. The van der Waals surface area contributed by atoms with E-state index >= 15 is 0 Å². The summed E-state index contributed by atoms with van der Waals surface area (Å²) in [5.41, 5.74) is 0. The van der Waals surface area contributed by atoms with Gasteiger partial charge in [0.15, 0.2) is 0 Å². The van der Waals surface area contributed by atoms with Gasteiger partial charge in [0.1, 0.15) is 0 Å². The van der Waals surface area contributed by atoms with Crippen molar-refractivity contribution in [1.82, 2.24) is 9.62 Å².